The summed E-state index contributed by atoms with van der Waals surface area (Å²) in [5.41, 5.74) is 11.6. The molecule has 1 heterocycles. The Labute approximate surface area is 103 Å². The zero-order chi connectivity index (χ0) is 13.1. The minimum absolute atomic E-state index is 0.0843. The van der Waals surface area contributed by atoms with Gasteiger partial charge in [0.25, 0.3) is 5.91 Å². The van der Waals surface area contributed by atoms with Gasteiger partial charge in [0.05, 0.1) is 6.54 Å². The molecule has 0 bridgehead atoms. The molecule has 1 radical (unpaired) electrons. The zero-order valence-corrected chi connectivity index (χ0v) is 9.46. The van der Waals surface area contributed by atoms with Crippen molar-refractivity contribution in [3.63, 3.8) is 0 Å². The Morgan fingerprint density at radius 2 is 2.06 bits per heavy atom. The monoisotopic (exact) mass is 243 g/mol. The minimum atomic E-state index is -0.625. The molecule has 0 atom stereocenters. The van der Waals surface area contributed by atoms with E-state index in [1.54, 1.807) is 18.2 Å². The van der Waals surface area contributed by atoms with Crippen molar-refractivity contribution in [3.8, 4) is 0 Å². The molecule has 91 valence electrons. The van der Waals surface area contributed by atoms with Gasteiger partial charge in [0.1, 0.15) is 0 Å². The maximum absolute atomic E-state index is 11.0. The number of hydrogen-bond acceptors (Lipinski definition) is 3. The van der Waals surface area contributed by atoms with Crippen molar-refractivity contribution in [1.29, 1.82) is 0 Å². The van der Waals surface area contributed by atoms with Gasteiger partial charge in [0, 0.05) is 17.8 Å². The molecule has 0 aliphatic carbocycles. The van der Waals surface area contributed by atoms with Gasteiger partial charge in [-0.05, 0) is 17.7 Å². The van der Waals surface area contributed by atoms with E-state index in [2.05, 4.69) is 11.2 Å². The predicted molar refractivity (Wildman–Crippen MR) is 63.6 cm³/mol. The van der Waals surface area contributed by atoms with Crippen LogP contribution < -0.4 is 11.5 Å². The summed E-state index contributed by atoms with van der Waals surface area (Å²) in [6.45, 7) is 0.408. The number of nitrogens with zero attached hydrogens (tertiary/aromatic N) is 2. The molecule has 2 aromatic rings. The highest BCUT2D eigenvalue weighted by Crippen LogP contribution is 2.07. The van der Waals surface area contributed by atoms with Crippen LogP contribution in [0.2, 0.25) is 0 Å². The highest BCUT2D eigenvalue weighted by molar-refractivity contribution is 5.92. The van der Waals surface area contributed by atoms with Crippen molar-refractivity contribution in [2.75, 3.05) is 0 Å². The molecule has 6 heteroatoms. The predicted octanol–water partition coefficient (Wildman–Crippen LogP) is -0.0706. The number of aromatic nitrogens is 2. The third-order valence-corrected chi connectivity index (χ3v) is 2.37. The molecule has 1 aromatic carbocycles. The van der Waals surface area contributed by atoms with Crippen LogP contribution in [-0.4, -0.2) is 21.6 Å². The van der Waals surface area contributed by atoms with Crippen LogP contribution in [0.4, 0.5) is 0 Å². The first-order chi connectivity index (χ1) is 8.56. The molecule has 2 amide bonds. The number of rotatable bonds is 4. The molecule has 0 unspecified atom stereocenters. The zero-order valence-electron chi connectivity index (χ0n) is 9.46. The maximum Gasteiger partial charge on any atom is 0.269 e. The Kier molecular flexibility index (Phi) is 3.09. The highest BCUT2D eigenvalue weighted by atomic mass is 16.1. The van der Waals surface area contributed by atoms with Gasteiger partial charge in [-0.25, -0.2) is 0 Å². The fourth-order valence-corrected chi connectivity index (χ4v) is 1.53. The molecule has 0 aliphatic heterocycles. The molecule has 1 aromatic heterocycles. The minimum Gasteiger partial charge on any atom is -0.366 e. The van der Waals surface area contributed by atoms with Crippen LogP contribution in [0.5, 0.6) is 0 Å². The van der Waals surface area contributed by atoms with E-state index >= 15 is 0 Å². The number of hydrogen-bond donors (Lipinski definition) is 2. The smallest absolute Gasteiger partial charge is 0.269 e. The second-order valence-electron chi connectivity index (χ2n) is 3.75. The lowest BCUT2D eigenvalue weighted by Crippen LogP contribution is -2.13. The van der Waals surface area contributed by atoms with Gasteiger partial charge in [-0.3, -0.25) is 14.3 Å². The van der Waals surface area contributed by atoms with E-state index in [-0.39, 0.29) is 5.69 Å². The van der Waals surface area contributed by atoms with E-state index in [1.807, 2.05) is 6.07 Å². The lowest BCUT2D eigenvalue weighted by molar-refractivity contribution is 0.0989. The maximum atomic E-state index is 11.0. The summed E-state index contributed by atoms with van der Waals surface area (Å²) in [4.78, 5) is 21.9. The number of primary amides is 2. The average molecular weight is 243 g/mol. The SMILES string of the molecule is NC(=O)c1cccc(Cn2c[c]c(C(N)=O)n2)c1. The quantitative estimate of drug-likeness (QED) is 0.785. The van der Waals surface area contributed by atoms with Crippen LogP contribution >= 0.6 is 0 Å². The molecule has 0 saturated heterocycles. The molecular formula is C12H11N4O2. The fraction of sp³-hybridized carbons (Fsp3) is 0.0833. The van der Waals surface area contributed by atoms with Crippen molar-refractivity contribution < 1.29 is 9.59 Å². The van der Waals surface area contributed by atoms with Gasteiger partial charge in [0.15, 0.2) is 5.69 Å². The van der Waals surface area contributed by atoms with E-state index in [4.69, 9.17) is 11.5 Å². The van der Waals surface area contributed by atoms with Gasteiger partial charge in [-0.15, -0.1) is 0 Å². The van der Waals surface area contributed by atoms with Crippen LogP contribution in [0.15, 0.2) is 30.5 Å². The van der Waals surface area contributed by atoms with E-state index in [0.29, 0.717) is 12.1 Å². The van der Waals surface area contributed by atoms with Crippen molar-refractivity contribution in [2.24, 2.45) is 11.5 Å². The van der Waals surface area contributed by atoms with Crippen LogP contribution in [0.3, 0.4) is 0 Å². The van der Waals surface area contributed by atoms with Crippen LogP contribution in [0.25, 0.3) is 0 Å². The van der Waals surface area contributed by atoms with E-state index in [1.165, 1.54) is 10.9 Å². The largest absolute Gasteiger partial charge is 0.366 e. The average Bonchev–Trinajstić information content (AvgIpc) is 2.78. The lowest BCUT2D eigenvalue weighted by atomic mass is 10.1. The molecular weight excluding hydrogens is 232 g/mol. The van der Waals surface area contributed by atoms with E-state index in [9.17, 15) is 9.59 Å². The van der Waals surface area contributed by atoms with Gasteiger partial charge in [0.2, 0.25) is 5.91 Å². The van der Waals surface area contributed by atoms with E-state index in [0.717, 1.165) is 5.56 Å². The van der Waals surface area contributed by atoms with E-state index < -0.39 is 11.8 Å². The number of carbonyl (C=O) groups excluding carboxylic acids is 2. The first kappa shape index (κ1) is 11.8. The molecule has 4 N–H and O–H groups in total. The van der Waals surface area contributed by atoms with Crippen LogP contribution in [0.1, 0.15) is 26.4 Å². The lowest BCUT2D eigenvalue weighted by Gasteiger charge is -2.03. The van der Waals surface area contributed by atoms with Gasteiger partial charge >= 0.3 is 0 Å². The van der Waals surface area contributed by atoms with Gasteiger partial charge in [-0.2, -0.15) is 5.10 Å². The summed E-state index contributed by atoms with van der Waals surface area (Å²) in [7, 11) is 0. The molecule has 2 rings (SSSR count). The Hall–Kier alpha value is -2.63. The van der Waals surface area contributed by atoms with Gasteiger partial charge < -0.3 is 11.5 Å². The van der Waals surface area contributed by atoms with Crippen molar-refractivity contribution >= 4 is 11.8 Å². The Morgan fingerprint density at radius 1 is 1.28 bits per heavy atom. The number of amides is 2. The van der Waals surface area contributed by atoms with Crippen LogP contribution in [-0.2, 0) is 6.54 Å². The van der Waals surface area contributed by atoms with Crippen molar-refractivity contribution in [3.05, 3.63) is 53.3 Å². The topological polar surface area (TPSA) is 104 Å². The third kappa shape index (κ3) is 2.54. The first-order valence-corrected chi connectivity index (χ1v) is 5.20. The normalized spacial score (nSPS) is 10.2. The van der Waals surface area contributed by atoms with Crippen molar-refractivity contribution in [2.45, 2.75) is 6.54 Å². The summed E-state index contributed by atoms with van der Waals surface area (Å²) >= 11 is 0. The molecule has 0 saturated carbocycles. The summed E-state index contributed by atoms with van der Waals surface area (Å²) in [6, 6.07) is 9.52. The summed E-state index contributed by atoms with van der Waals surface area (Å²) < 4.78 is 1.51. The second kappa shape index (κ2) is 4.70. The Balaban J connectivity index is 2.20. The van der Waals surface area contributed by atoms with Gasteiger partial charge in [-0.1, -0.05) is 12.1 Å². The fourth-order valence-electron chi connectivity index (χ4n) is 1.53. The molecule has 18 heavy (non-hydrogen) atoms. The summed E-state index contributed by atoms with van der Waals surface area (Å²) in [5.74, 6) is -1.11. The number of benzene rings is 1. The van der Waals surface area contributed by atoms with Crippen LogP contribution in [0, 0.1) is 6.07 Å². The van der Waals surface area contributed by atoms with Crippen molar-refractivity contribution in [1.82, 2.24) is 9.78 Å². The standard InChI is InChI=1S/C12H11N4O2/c13-11(17)9-3-1-2-8(6-9)7-16-5-4-10(15-16)12(14)18/h1-3,5-6H,7H2,(H2,13,17)(H2,14,18). The summed E-state index contributed by atoms with van der Waals surface area (Å²) in [6.07, 6.45) is 1.52. The second-order valence-corrected chi connectivity index (χ2v) is 3.75. The third-order valence-electron chi connectivity index (χ3n) is 2.37. The summed E-state index contributed by atoms with van der Waals surface area (Å²) in [5, 5.41) is 3.95. The number of carbonyl (C=O) groups is 2. The molecule has 6 nitrogen and oxygen atoms in total. The molecule has 0 spiro atoms. The molecule has 0 aliphatic rings. The first-order valence-electron chi connectivity index (χ1n) is 5.20. The molecule has 0 fully saturated rings. The highest BCUT2D eigenvalue weighted by Gasteiger charge is 2.06. The Morgan fingerprint density at radius 3 is 2.67 bits per heavy atom. The Bertz CT molecular complexity index is 604. The number of nitrogens with two attached hydrogens (primary N) is 2.